The van der Waals surface area contributed by atoms with Gasteiger partial charge in [0.15, 0.2) is 5.65 Å². The summed E-state index contributed by atoms with van der Waals surface area (Å²) in [4.78, 5) is 8.56. The van der Waals surface area contributed by atoms with E-state index in [1.165, 1.54) is 0 Å². The lowest BCUT2D eigenvalue weighted by Gasteiger charge is -2.01. The first kappa shape index (κ1) is 11.1. The summed E-state index contributed by atoms with van der Waals surface area (Å²) in [5.41, 5.74) is 1.77. The molecule has 3 nitrogen and oxygen atoms in total. The third-order valence-electron chi connectivity index (χ3n) is 2.43. The maximum Gasteiger partial charge on any atom is 0.161 e. The van der Waals surface area contributed by atoms with E-state index in [1.54, 1.807) is 6.07 Å². The summed E-state index contributed by atoms with van der Waals surface area (Å²) < 4.78 is 2.05. The Morgan fingerprint density at radius 3 is 3.12 bits per heavy atom. The number of hydrogen-bond donors (Lipinski definition) is 0. The smallest absolute Gasteiger partial charge is 0.161 e. The molecule has 0 atom stereocenters. The Labute approximate surface area is 99.8 Å². The second-order valence-electron chi connectivity index (χ2n) is 3.63. The van der Waals surface area contributed by atoms with Crippen molar-refractivity contribution < 1.29 is 0 Å². The molecule has 0 radical (unpaired) electrons. The first-order valence-electron chi connectivity index (χ1n) is 5.40. The van der Waals surface area contributed by atoms with Gasteiger partial charge in [-0.3, -0.25) is 0 Å². The van der Waals surface area contributed by atoms with Gasteiger partial charge >= 0.3 is 0 Å². The first-order valence-corrected chi connectivity index (χ1v) is 5.77. The van der Waals surface area contributed by atoms with Gasteiger partial charge in [-0.15, -0.1) is 0 Å². The Morgan fingerprint density at radius 2 is 2.31 bits per heavy atom. The molecule has 0 aliphatic carbocycles. The zero-order valence-corrected chi connectivity index (χ0v) is 9.98. The number of imidazole rings is 1. The fourth-order valence-electron chi connectivity index (χ4n) is 1.63. The largest absolute Gasteiger partial charge is 0.315 e. The van der Waals surface area contributed by atoms with Crippen LogP contribution in [0.1, 0.15) is 19.8 Å². The number of unbranched alkanes of at least 4 members (excludes halogenated alkanes) is 1. The lowest BCUT2D eigenvalue weighted by atomic mass is 10.3. The third kappa shape index (κ3) is 2.42. The van der Waals surface area contributed by atoms with Crippen LogP contribution in [0.5, 0.6) is 0 Å². The molecule has 4 heteroatoms. The van der Waals surface area contributed by atoms with Gasteiger partial charge in [0.1, 0.15) is 10.7 Å². The van der Waals surface area contributed by atoms with Gasteiger partial charge in [-0.2, -0.15) is 0 Å². The molecule has 2 aromatic heterocycles. The number of halogens is 1. The number of nitrogens with zero attached hydrogens (tertiary/aromatic N) is 3. The van der Waals surface area contributed by atoms with Crippen molar-refractivity contribution in [2.24, 2.45) is 0 Å². The molecule has 0 unspecified atom stereocenters. The minimum Gasteiger partial charge on any atom is -0.315 e. The van der Waals surface area contributed by atoms with Crippen molar-refractivity contribution in [3.63, 3.8) is 0 Å². The molecule has 16 heavy (non-hydrogen) atoms. The topological polar surface area (TPSA) is 30.7 Å². The number of aryl methyl sites for hydroxylation is 1. The van der Waals surface area contributed by atoms with Crippen LogP contribution in [0, 0.1) is 0 Å². The van der Waals surface area contributed by atoms with E-state index in [0.717, 1.165) is 30.6 Å². The van der Waals surface area contributed by atoms with Gasteiger partial charge in [-0.05, 0) is 31.9 Å². The number of fused-ring (bicyclic) bond motifs is 1. The van der Waals surface area contributed by atoms with Gasteiger partial charge in [0, 0.05) is 6.54 Å². The summed E-state index contributed by atoms with van der Waals surface area (Å²) in [5, 5.41) is 0.516. The number of pyridine rings is 1. The van der Waals surface area contributed by atoms with E-state index in [4.69, 9.17) is 11.6 Å². The molecule has 0 aliphatic rings. The van der Waals surface area contributed by atoms with Crippen molar-refractivity contribution in [1.82, 2.24) is 14.5 Å². The van der Waals surface area contributed by atoms with Crippen LogP contribution in [0.25, 0.3) is 11.2 Å². The lowest BCUT2D eigenvalue weighted by Crippen LogP contribution is -1.97. The number of rotatable bonds is 4. The van der Waals surface area contributed by atoms with Crippen LogP contribution < -0.4 is 0 Å². The van der Waals surface area contributed by atoms with E-state index in [1.807, 2.05) is 23.9 Å². The summed E-state index contributed by atoms with van der Waals surface area (Å²) in [7, 11) is 0. The number of aromatic nitrogens is 3. The summed E-state index contributed by atoms with van der Waals surface area (Å²) >= 11 is 5.87. The third-order valence-corrected chi connectivity index (χ3v) is 2.64. The molecule has 0 saturated heterocycles. The molecule has 2 heterocycles. The Hall–Kier alpha value is -1.35. The number of allylic oxidation sites excluding steroid dienone is 2. The van der Waals surface area contributed by atoms with Crippen molar-refractivity contribution >= 4 is 22.8 Å². The predicted molar refractivity (Wildman–Crippen MR) is 66.6 cm³/mol. The van der Waals surface area contributed by atoms with Crippen LogP contribution in [0.4, 0.5) is 0 Å². The minimum atomic E-state index is 0.516. The van der Waals surface area contributed by atoms with E-state index >= 15 is 0 Å². The average Bonchev–Trinajstić information content (AvgIpc) is 2.67. The van der Waals surface area contributed by atoms with E-state index in [-0.39, 0.29) is 0 Å². The Morgan fingerprint density at radius 1 is 1.44 bits per heavy atom. The molecule has 84 valence electrons. The van der Waals surface area contributed by atoms with Crippen molar-refractivity contribution in [3.8, 4) is 0 Å². The van der Waals surface area contributed by atoms with Gasteiger partial charge in [0.05, 0.1) is 6.33 Å². The molecular formula is C12H14ClN3. The zero-order chi connectivity index (χ0) is 11.4. The highest BCUT2D eigenvalue weighted by molar-refractivity contribution is 6.29. The highest BCUT2D eigenvalue weighted by atomic mass is 35.5. The second kappa shape index (κ2) is 5.12. The zero-order valence-electron chi connectivity index (χ0n) is 9.23. The molecule has 0 bridgehead atoms. The molecular weight excluding hydrogens is 222 g/mol. The van der Waals surface area contributed by atoms with Crippen molar-refractivity contribution in [1.29, 1.82) is 0 Å². The summed E-state index contributed by atoms with van der Waals surface area (Å²) in [6.07, 6.45) is 8.23. The van der Waals surface area contributed by atoms with Gasteiger partial charge in [-0.1, -0.05) is 23.8 Å². The Balaban J connectivity index is 2.14. The molecule has 2 rings (SSSR count). The highest BCUT2D eigenvalue weighted by Gasteiger charge is 2.03. The Kier molecular flexibility index (Phi) is 3.57. The van der Waals surface area contributed by atoms with Crippen molar-refractivity contribution in [3.05, 3.63) is 35.8 Å². The van der Waals surface area contributed by atoms with Gasteiger partial charge < -0.3 is 4.57 Å². The molecule has 0 amide bonds. The fourth-order valence-corrected chi connectivity index (χ4v) is 1.77. The summed E-state index contributed by atoms with van der Waals surface area (Å²) in [5.74, 6) is 0. The van der Waals surface area contributed by atoms with E-state index < -0.39 is 0 Å². The molecule has 0 aromatic carbocycles. The maximum absolute atomic E-state index is 5.87. The van der Waals surface area contributed by atoms with Gasteiger partial charge in [-0.25, -0.2) is 9.97 Å². The SMILES string of the molecule is C/C=C/CCCn1cnc2ccc(Cl)nc21. The second-order valence-corrected chi connectivity index (χ2v) is 4.01. The van der Waals surface area contributed by atoms with Crippen LogP contribution in [-0.2, 0) is 6.54 Å². The lowest BCUT2D eigenvalue weighted by molar-refractivity contribution is 0.661. The number of hydrogen-bond acceptors (Lipinski definition) is 2. The van der Waals surface area contributed by atoms with E-state index in [2.05, 4.69) is 22.1 Å². The summed E-state index contributed by atoms with van der Waals surface area (Å²) in [6.45, 7) is 2.96. The first-order chi connectivity index (χ1) is 7.81. The van der Waals surface area contributed by atoms with Crippen LogP contribution in [-0.4, -0.2) is 14.5 Å². The van der Waals surface area contributed by atoms with E-state index in [0.29, 0.717) is 5.15 Å². The van der Waals surface area contributed by atoms with Gasteiger partial charge in [0.25, 0.3) is 0 Å². The average molecular weight is 236 g/mol. The normalized spacial score (nSPS) is 11.6. The Bertz CT molecular complexity index is 502. The molecule has 0 spiro atoms. The summed E-state index contributed by atoms with van der Waals surface area (Å²) in [6, 6.07) is 3.66. The molecule has 0 N–H and O–H groups in total. The minimum absolute atomic E-state index is 0.516. The molecule has 2 aromatic rings. The molecule has 0 saturated carbocycles. The monoisotopic (exact) mass is 235 g/mol. The van der Waals surface area contributed by atoms with Crippen molar-refractivity contribution in [2.75, 3.05) is 0 Å². The predicted octanol–water partition coefficient (Wildman–Crippen LogP) is 3.44. The fraction of sp³-hybridized carbons (Fsp3) is 0.333. The van der Waals surface area contributed by atoms with Crippen molar-refractivity contribution in [2.45, 2.75) is 26.3 Å². The molecule has 0 fully saturated rings. The van der Waals surface area contributed by atoms with Crippen LogP contribution in [0.15, 0.2) is 30.6 Å². The molecule has 0 aliphatic heterocycles. The van der Waals surface area contributed by atoms with Crippen LogP contribution >= 0.6 is 11.6 Å². The van der Waals surface area contributed by atoms with Crippen LogP contribution in [0.3, 0.4) is 0 Å². The standard InChI is InChI=1S/C12H14ClN3/c1-2-3-4-5-8-16-9-14-10-6-7-11(13)15-12(10)16/h2-3,6-7,9H,4-5,8H2,1H3/b3-2+. The van der Waals surface area contributed by atoms with E-state index in [9.17, 15) is 0 Å². The maximum atomic E-state index is 5.87. The van der Waals surface area contributed by atoms with Crippen LogP contribution in [0.2, 0.25) is 5.15 Å². The quantitative estimate of drug-likeness (QED) is 0.462. The highest BCUT2D eigenvalue weighted by Crippen LogP contribution is 2.14. The van der Waals surface area contributed by atoms with Gasteiger partial charge in [0.2, 0.25) is 0 Å².